The van der Waals surface area contributed by atoms with Crippen LogP contribution in [-0.4, -0.2) is 42.4 Å². The van der Waals surface area contributed by atoms with Crippen molar-refractivity contribution in [1.82, 2.24) is 15.5 Å². The number of nitrogens with zero attached hydrogens (tertiary/aromatic N) is 3. The highest BCUT2D eigenvalue weighted by molar-refractivity contribution is 5.93. The average Bonchev–Trinajstić information content (AvgIpc) is 3.00. The van der Waals surface area contributed by atoms with E-state index in [1.807, 2.05) is 39.0 Å². The molecule has 2 aromatic rings. The Morgan fingerprint density at radius 1 is 1.22 bits per heavy atom. The molecule has 1 aromatic carbocycles. The molecule has 0 amide bonds. The molecule has 0 radical (unpaired) electrons. The number of nitrogens with one attached hydrogen (secondary N) is 2. The lowest BCUT2D eigenvalue weighted by Gasteiger charge is -2.13. The van der Waals surface area contributed by atoms with Crippen molar-refractivity contribution in [1.29, 1.82) is 0 Å². The Labute approximate surface area is 159 Å². The zero-order chi connectivity index (χ0) is 19.1. The SMILES string of the molecule is CCNC(=NCCc1nc(C(C)C)no1)Nc1ccc2c(c1)OCCCO2. The summed E-state index contributed by atoms with van der Waals surface area (Å²) in [6.45, 7) is 8.74. The van der Waals surface area contributed by atoms with Gasteiger partial charge in [-0.25, -0.2) is 0 Å². The van der Waals surface area contributed by atoms with Gasteiger partial charge in [-0.05, 0) is 19.1 Å². The molecule has 0 unspecified atom stereocenters. The van der Waals surface area contributed by atoms with Gasteiger partial charge in [-0.3, -0.25) is 4.99 Å². The van der Waals surface area contributed by atoms with E-state index in [9.17, 15) is 0 Å². The van der Waals surface area contributed by atoms with Gasteiger partial charge in [0.15, 0.2) is 23.3 Å². The first-order valence-corrected chi connectivity index (χ1v) is 9.43. The summed E-state index contributed by atoms with van der Waals surface area (Å²) in [7, 11) is 0. The highest BCUT2D eigenvalue weighted by Crippen LogP contribution is 2.32. The van der Waals surface area contributed by atoms with Crippen molar-refractivity contribution in [3.63, 3.8) is 0 Å². The van der Waals surface area contributed by atoms with Crippen LogP contribution in [0.25, 0.3) is 0 Å². The minimum atomic E-state index is 0.254. The van der Waals surface area contributed by atoms with E-state index >= 15 is 0 Å². The van der Waals surface area contributed by atoms with Gasteiger partial charge >= 0.3 is 0 Å². The minimum absolute atomic E-state index is 0.254. The lowest BCUT2D eigenvalue weighted by atomic mass is 10.2. The maximum absolute atomic E-state index is 5.74. The number of anilines is 1. The van der Waals surface area contributed by atoms with Gasteiger partial charge in [0.05, 0.1) is 19.8 Å². The molecular formula is C19H27N5O3. The van der Waals surface area contributed by atoms with Crippen LogP contribution in [0, 0.1) is 0 Å². The number of hydrogen-bond donors (Lipinski definition) is 2. The van der Waals surface area contributed by atoms with Gasteiger partial charge in [0, 0.05) is 37.1 Å². The van der Waals surface area contributed by atoms with Crippen molar-refractivity contribution in [2.45, 2.75) is 39.5 Å². The molecule has 0 fully saturated rings. The van der Waals surface area contributed by atoms with E-state index in [-0.39, 0.29) is 5.92 Å². The Kier molecular flexibility index (Phi) is 6.51. The van der Waals surface area contributed by atoms with E-state index in [2.05, 4.69) is 25.8 Å². The van der Waals surface area contributed by atoms with Crippen LogP contribution in [0.1, 0.15) is 44.8 Å². The first kappa shape index (κ1) is 19.0. The number of guanidine groups is 1. The summed E-state index contributed by atoms with van der Waals surface area (Å²) >= 11 is 0. The smallest absolute Gasteiger partial charge is 0.228 e. The van der Waals surface area contributed by atoms with Crippen LogP contribution >= 0.6 is 0 Å². The second-order valence-electron chi connectivity index (χ2n) is 6.55. The minimum Gasteiger partial charge on any atom is -0.490 e. The summed E-state index contributed by atoms with van der Waals surface area (Å²) in [6.07, 6.45) is 1.48. The van der Waals surface area contributed by atoms with Crippen molar-refractivity contribution < 1.29 is 14.0 Å². The molecular weight excluding hydrogens is 346 g/mol. The number of benzene rings is 1. The highest BCUT2D eigenvalue weighted by atomic mass is 16.5. The molecule has 0 saturated carbocycles. The fourth-order valence-corrected chi connectivity index (χ4v) is 2.55. The average molecular weight is 373 g/mol. The van der Waals surface area contributed by atoms with Crippen LogP contribution in [0.5, 0.6) is 11.5 Å². The third kappa shape index (κ3) is 5.35. The van der Waals surface area contributed by atoms with Gasteiger partial charge in [0.1, 0.15) is 0 Å². The summed E-state index contributed by atoms with van der Waals surface area (Å²) in [5.41, 5.74) is 0.888. The zero-order valence-corrected chi connectivity index (χ0v) is 16.1. The van der Waals surface area contributed by atoms with Gasteiger partial charge in [-0.15, -0.1) is 0 Å². The number of fused-ring (bicyclic) bond motifs is 1. The third-order valence-electron chi connectivity index (χ3n) is 3.95. The molecule has 0 aliphatic carbocycles. The molecule has 3 rings (SSSR count). The standard InChI is InChI=1S/C19H27N5O3/c1-4-20-19(21-9-8-17-23-18(13(2)3)24-27-17)22-14-6-7-15-16(12-14)26-11-5-10-25-15/h6-7,12-13H,4-5,8-11H2,1-3H3,(H2,20,21,22). The quantitative estimate of drug-likeness (QED) is 0.594. The first-order valence-electron chi connectivity index (χ1n) is 9.43. The summed E-state index contributed by atoms with van der Waals surface area (Å²) in [5, 5.41) is 10.5. The highest BCUT2D eigenvalue weighted by Gasteiger charge is 2.12. The summed E-state index contributed by atoms with van der Waals surface area (Å²) in [5.74, 6) is 3.80. The normalized spacial score (nSPS) is 14.1. The Bertz CT molecular complexity index is 772. The summed E-state index contributed by atoms with van der Waals surface area (Å²) < 4.78 is 16.7. The van der Waals surface area contributed by atoms with Gasteiger partial charge in [0.25, 0.3) is 0 Å². The van der Waals surface area contributed by atoms with Crippen molar-refractivity contribution in [2.75, 3.05) is 31.6 Å². The molecule has 2 N–H and O–H groups in total. The van der Waals surface area contributed by atoms with Crippen LogP contribution < -0.4 is 20.1 Å². The summed E-state index contributed by atoms with van der Waals surface area (Å²) in [4.78, 5) is 8.96. The monoisotopic (exact) mass is 373 g/mol. The maximum atomic E-state index is 5.74. The number of hydrogen-bond acceptors (Lipinski definition) is 6. The van der Waals surface area contributed by atoms with E-state index in [0.29, 0.717) is 38.0 Å². The fourth-order valence-electron chi connectivity index (χ4n) is 2.55. The summed E-state index contributed by atoms with van der Waals surface area (Å²) in [6, 6.07) is 5.80. The molecule has 0 saturated heterocycles. The number of rotatable bonds is 6. The van der Waals surface area contributed by atoms with E-state index in [4.69, 9.17) is 14.0 Å². The Balaban J connectivity index is 1.62. The van der Waals surface area contributed by atoms with E-state index < -0.39 is 0 Å². The molecule has 0 atom stereocenters. The molecule has 0 spiro atoms. The first-order chi connectivity index (χ1) is 13.2. The molecule has 27 heavy (non-hydrogen) atoms. The second kappa shape index (κ2) is 9.25. The number of aliphatic imine (C=N–C) groups is 1. The van der Waals surface area contributed by atoms with Gasteiger partial charge in [0.2, 0.25) is 5.89 Å². The number of ether oxygens (including phenoxy) is 2. The molecule has 2 heterocycles. The van der Waals surface area contributed by atoms with Crippen LogP contribution in [0.4, 0.5) is 5.69 Å². The molecule has 1 aromatic heterocycles. The molecule has 1 aliphatic rings. The molecule has 1 aliphatic heterocycles. The van der Waals surface area contributed by atoms with Crippen molar-refractivity contribution >= 4 is 11.6 Å². The lowest BCUT2D eigenvalue weighted by molar-refractivity contribution is 0.297. The van der Waals surface area contributed by atoms with Crippen molar-refractivity contribution in [2.24, 2.45) is 4.99 Å². The number of aromatic nitrogens is 2. The van der Waals surface area contributed by atoms with Gasteiger partial charge < -0.3 is 24.6 Å². The van der Waals surface area contributed by atoms with Gasteiger partial charge in [-0.1, -0.05) is 19.0 Å². The largest absolute Gasteiger partial charge is 0.490 e. The zero-order valence-electron chi connectivity index (χ0n) is 16.1. The van der Waals surface area contributed by atoms with E-state index in [0.717, 1.165) is 36.0 Å². The molecule has 8 nitrogen and oxygen atoms in total. The topological polar surface area (TPSA) is 93.8 Å². The predicted molar refractivity (Wildman–Crippen MR) is 104 cm³/mol. The molecule has 146 valence electrons. The van der Waals surface area contributed by atoms with Crippen LogP contribution in [-0.2, 0) is 6.42 Å². The second-order valence-corrected chi connectivity index (χ2v) is 6.55. The van der Waals surface area contributed by atoms with E-state index in [1.165, 1.54) is 0 Å². The van der Waals surface area contributed by atoms with Crippen molar-refractivity contribution in [3.8, 4) is 11.5 Å². The maximum Gasteiger partial charge on any atom is 0.228 e. The Morgan fingerprint density at radius 3 is 2.78 bits per heavy atom. The lowest BCUT2D eigenvalue weighted by Crippen LogP contribution is -2.30. The molecule has 8 heteroatoms. The molecule has 0 bridgehead atoms. The van der Waals surface area contributed by atoms with Crippen molar-refractivity contribution in [3.05, 3.63) is 29.9 Å². The third-order valence-corrected chi connectivity index (χ3v) is 3.95. The fraction of sp³-hybridized carbons (Fsp3) is 0.526. The Morgan fingerprint density at radius 2 is 2.04 bits per heavy atom. The van der Waals surface area contributed by atoms with Crippen LogP contribution in [0.3, 0.4) is 0 Å². The van der Waals surface area contributed by atoms with Crippen LogP contribution in [0.2, 0.25) is 0 Å². The Hall–Kier alpha value is -2.77. The van der Waals surface area contributed by atoms with Gasteiger partial charge in [-0.2, -0.15) is 4.98 Å². The predicted octanol–water partition coefficient (Wildman–Crippen LogP) is 2.97. The van der Waals surface area contributed by atoms with Crippen LogP contribution in [0.15, 0.2) is 27.7 Å². The van der Waals surface area contributed by atoms with E-state index in [1.54, 1.807) is 0 Å².